The number of alkyl halides is 3. The molecule has 0 aliphatic rings. The van der Waals surface area contributed by atoms with Gasteiger partial charge < -0.3 is 10.4 Å². The highest BCUT2D eigenvalue weighted by Crippen LogP contribution is 2.33. The summed E-state index contributed by atoms with van der Waals surface area (Å²) >= 11 is 17.5. The Morgan fingerprint density at radius 2 is 1.59 bits per heavy atom. The first-order valence-electron chi connectivity index (χ1n) is 7.52. The molecule has 0 aliphatic carbocycles. The molecule has 1 atom stereocenters. The molecule has 0 saturated carbocycles. The quantitative estimate of drug-likeness (QED) is 0.565. The van der Waals surface area contributed by atoms with Gasteiger partial charge >= 0.3 is 6.18 Å². The first-order valence-corrected chi connectivity index (χ1v) is 10.1. The summed E-state index contributed by atoms with van der Waals surface area (Å²) in [5, 5.41) is 11.2. The van der Waals surface area contributed by atoms with Crippen molar-refractivity contribution in [3.05, 3.63) is 51.5 Å². The maximum Gasteiger partial charge on any atom is 0.426 e. The first kappa shape index (κ1) is 23.6. The van der Waals surface area contributed by atoms with Crippen LogP contribution >= 0.6 is 34.8 Å². The topological polar surface area (TPSA) is 95.5 Å². The molecule has 0 aliphatic heterocycles. The number of anilines is 2. The van der Waals surface area contributed by atoms with E-state index in [0.29, 0.717) is 0 Å². The van der Waals surface area contributed by atoms with Gasteiger partial charge in [0.2, 0.25) is 5.60 Å². The largest absolute Gasteiger partial charge is 0.426 e. The average Bonchev–Trinajstić information content (AvgIpc) is 2.53. The molecule has 2 rings (SSSR count). The van der Waals surface area contributed by atoms with Gasteiger partial charge in [-0.15, -0.1) is 0 Å². The van der Waals surface area contributed by atoms with E-state index in [-0.39, 0.29) is 38.3 Å². The van der Waals surface area contributed by atoms with Crippen molar-refractivity contribution in [2.75, 3.05) is 10.0 Å². The highest BCUT2D eigenvalue weighted by atomic mass is 35.5. The molecule has 13 heteroatoms. The number of carbonyl (C=O) groups is 1. The number of hydrogen-bond acceptors (Lipinski definition) is 4. The number of aliphatic hydroxyl groups is 1. The summed E-state index contributed by atoms with van der Waals surface area (Å²) in [5.41, 5.74) is -3.93. The van der Waals surface area contributed by atoms with Gasteiger partial charge in [-0.3, -0.25) is 9.52 Å². The molecule has 6 nitrogen and oxygen atoms in total. The monoisotopic (exact) mass is 490 g/mol. The molecule has 0 bridgehead atoms. The molecule has 1 amide bonds. The van der Waals surface area contributed by atoms with Crippen LogP contribution in [0.1, 0.15) is 6.92 Å². The number of hydrogen-bond donors (Lipinski definition) is 3. The Morgan fingerprint density at radius 3 is 2.07 bits per heavy atom. The fraction of sp³-hybridized carbons (Fsp3) is 0.188. The third-order valence-corrected chi connectivity index (χ3v) is 5.74. The lowest BCUT2D eigenvalue weighted by Crippen LogP contribution is -2.52. The number of rotatable bonds is 5. The summed E-state index contributed by atoms with van der Waals surface area (Å²) in [6.45, 7) is 0.273. The first-order chi connectivity index (χ1) is 13.1. The van der Waals surface area contributed by atoms with Crippen LogP contribution in [0.3, 0.4) is 0 Å². The van der Waals surface area contributed by atoms with Crippen LogP contribution in [0.25, 0.3) is 0 Å². The average molecular weight is 492 g/mol. The van der Waals surface area contributed by atoms with Crippen LogP contribution in [0.15, 0.2) is 41.3 Å². The van der Waals surface area contributed by atoms with Crippen LogP contribution in [0.2, 0.25) is 15.1 Å². The fourth-order valence-electron chi connectivity index (χ4n) is 1.96. The number of benzene rings is 2. The van der Waals surface area contributed by atoms with Crippen molar-refractivity contribution in [3.63, 3.8) is 0 Å². The summed E-state index contributed by atoms with van der Waals surface area (Å²) in [4.78, 5) is 11.4. The lowest BCUT2D eigenvalue weighted by atomic mass is 10.1. The van der Waals surface area contributed by atoms with E-state index in [1.807, 2.05) is 5.32 Å². The van der Waals surface area contributed by atoms with Crippen LogP contribution in [-0.4, -0.2) is 31.2 Å². The molecule has 0 spiro atoms. The van der Waals surface area contributed by atoms with Gasteiger partial charge in [0.15, 0.2) is 0 Å². The SMILES string of the molecule is CC(O)(C(=O)Nc1ccc(S(=O)(=O)Nc2cc(Cl)cc(Cl)c2)cc1Cl)C(F)(F)F. The van der Waals surface area contributed by atoms with Crippen molar-refractivity contribution >= 4 is 62.1 Å². The Hall–Kier alpha value is -1.72. The van der Waals surface area contributed by atoms with Crippen molar-refractivity contribution in [2.45, 2.75) is 23.6 Å². The minimum atomic E-state index is -5.23. The summed E-state index contributed by atoms with van der Waals surface area (Å²) in [5.74, 6) is -1.78. The van der Waals surface area contributed by atoms with E-state index in [1.165, 1.54) is 18.2 Å². The number of carbonyl (C=O) groups excluding carboxylic acids is 1. The predicted octanol–water partition coefficient (Wildman–Crippen LogP) is 4.70. The Morgan fingerprint density at radius 1 is 1.03 bits per heavy atom. The van der Waals surface area contributed by atoms with E-state index in [9.17, 15) is 31.5 Å². The van der Waals surface area contributed by atoms with E-state index in [1.54, 1.807) is 0 Å². The highest BCUT2D eigenvalue weighted by Gasteiger charge is 2.55. The molecular weight excluding hydrogens is 480 g/mol. The third kappa shape index (κ3) is 5.46. The van der Waals surface area contributed by atoms with Crippen molar-refractivity contribution in [3.8, 4) is 0 Å². The molecule has 0 aromatic heterocycles. The zero-order valence-electron chi connectivity index (χ0n) is 14.3. The summed E-state index contributed by atoms with van der Waals surface area (Å²) < 4.78 is 65.3. The smallest absolute Gasteiger partial charge is 0.373 e. The molecule has 1 unspecified atom stereocenters. The van der Waals surface area contributed by atoms with Gasteiger partial charge in [-0.1, -0.05) is 34.8 Å². The lowest BCUT2D eigenvalue weighted by molar-refractivity contribution is -0.242. The Bertz CT molecular complexity index is 1040. The zero-order chi connectivity index (χ0) is 22.2. The van der Waals surface area contributed by atoms with Gasteiger partial charge in [0.05, 0.1) is 21.3 Å². The zero-order valence-corrected chi connectivity index (χ0v) is 17.4. The summed E-state index contributed by atoms with van der Waals surface area (Å²) in [6.07, 6.45) is -5.23. The summed E-state index contributed by atoms with van der Waals surface area (Å²) in [6, 6.07) is 6.89. The number of amides is 1. The predicted molar refractivity (Wildman–Crippen MR) is 104 cm³/mol. The normalized spacial score (nSPS) is 14.2. The minimum Gasteiger partial charge on any atom is -0.373 e. The van der Waals surface area contributed by atoms with E-state index in [2.05, 4.69) is 4.72 Å². The Labute approximate surface area is 178 Å². The molecule has 2 aromatic carbocycles. The van der Waals surface area contributed by atoms with Crippen molar-refractivity contribution < 1.29 is 31.5 Å². The number of halogens is 6. The molecule has 0 fully saturated rings. The summed E-state index contributed by atoms with van der Waals surface area (Å²) in [7, 11) is -4.16. The van der Waals surface area contributed by atoms with Gasteiger partial charge in [0.1, 0.15) is 0 Å². The van der Waals surface area contributed by atoms with Crippen molar-refractivity contribution in [1.29, 1.82) is 0 Å². The standard InChI is InChI=1S/C16H12Cl3F3N2O4S/c1-15(26,16(20,21)22)14(25)23-13-3-2-11(7-12(13)19)29(27,28)24-10-5-8(17)4-9(18)6-10/h2-7,24,26H,1H3,(H,23,25). The Kier molecular flexibility index (Phi) is 6.65. The molecule has 3 N–H and O–H groups in total. The van der Waals surface area contributed by atoms with Crippen molar-refractivity contribution in [1.82, 2.24) is 0 Å². The van der Waals surface area contributed by atoms with E-state index in [0.717, 1.165) is 18.2 Å². The number of sulfonamides is 1. The Balaban J connectivity index is 2.27. The maximum absolute atomic E-state index is 12.7. The molecule has 158 valence electrons. The van der Waals surface area contributed by atoms with Crippen LogP contribution in [-0.2, 0) is 14.8 Å². The third-order valence-electron chi connectivity index (χ3n) is 3.61. The van der Waals surface area contributed by atoms with E-state index < -0.39 is 27.7 Å². The fourth-order valence-corrected chi connectivity index (χ4v) is 3.85. The molecule has 0 saturated heterocycles. The number of nitrogens with one attached hydrogen (secondary N) is 2. The van der Waals surface area contributed by atoms with Crippen LogP contribution in [0.4, 0.5) is 24.5 Å². The van der Waals surface area contributed by atoms with Crippen molar-refractivity contribution in [2.24, 2.45) is 0 Å². The van der Waals surface area contributed by atoms with Gasteiger partial charge in [-0.2, -0.15) is 13.2 Å². The molecule has 2 aromatic rings. The second-order valence-electron chi connectivity index (χ2n) is 5.93. The van der Waals surface area contributed by atoms with Crippen LogP contribution < -0.4 is 10.0 Å². The lowest BCUT2D eigenvalue weighted by Gasteiger charge is -2.25. The molecule has 0 heterocycles. The second kappa shape index (κ2) is 8.19. The maximum atomic E-state index is 12.7. The highest BCUT2D eigenvalue weighted by molar-refractivity contribution is 7.92. The minimum absolute atomic E-state index is 0.0669. The van der Waals surface area contributed by atoms with E-state index >= 15 is 0 Å². The van der Waals surface area contributed by atoms with Gasteiger partial charge in [-0.05, 0) is 43.3 Å². The van der Waals surface area contributed by atoms with Gasteiger partial charge in [-0.25, -0.2) is 8.42 Å². The van der Waals surface area contributed by atoms with Gasteiger partial charge in [0.25, 0.3) is 15.9 Å². The van der Waals surface area contributed by atoms with Gasteiger partial charge in [0, 0.05) is 10.0 Å². The molecular formula is C16H12Cl3F3N2O4S. The second-order valence-corrected chi connectivity index (χ2v) is 8.89. The van der Waals surface area contributed by atoms with E-state index in [4.69, 9.17) is 34.8 Å². The molecule has 0 radical (unpaired) electrons. The van der Waals surface area contributed by atoms with Crippen LogP contribution in [0, 0.1) is 0 Å². The molecule has 29 heavy (non-hydrogen) atoms. The van der Waals surface area contributed by atoms with Crippen LogP contribution in [0.5, 0.6) is 0 Å².